The van der Waals surface area contributed by atoms with Gasteiger partial charge in [0.2, 0.25) is 0 Å². The highest BCUT2D eigenvalue weighted by molar-refractivity contribution is 4.74. The molecule has 2 saturated heterocycles. The van der Waals surface area contributed by atoms with E-state index < -0.39 is 0 Å². The van der Waals surface area contributed by atoms with Crippen molar-refractivity contribution < 1.29 is 14.2 Å². The van der Waals surface area contributed by atoms with Crippen LogP contribution in [0, 0.1) is 0 Å². The average molecular weight is 130 g/mol. The molecular formula is C6H10O3. The normalized spacial score (nSPS) is 47.0. The van der Waals surface area contributed by atoms with Crippen molar-refractivity contribution in [3.05, 3.63) is 0 Å². The minimum absolute atomic E-state index is 0.0641. The third kappa shape index (κ3) is 1.41. The topological polar surface area (TPSA) is 34.3 Å². The van der Waals surface area contributed by atoms with Crippen molar-refractivity contribution in [1.82, 2.24) is 0 Å². The molecule has 9 heavy (non-hydrogen) atoms. The highest BCUT2D eigenvalue weighted by atomic mass is 16.8. The van der Waals surface area contributed by atoms with Gasteiger partial charge >= 0.3 is 0 Å². The van der Waals surface area contributed by atoms with E-state index in [1.165, 1.54) is 0 Å². The number of rotatable bonds is 3. The monoisotopic (exact) mass is 130 g/mol. The Kier molecular flexibility index (Phi) is 1.22. The highest BCUT2D eigenvalue weighted by Crippen LogP contribution is 2.23. The largest absolute Gasteiger partial charge is 0.371 e. The quantitative estimate of drug-likeness (QED) is 0.510. The highest BCUT2D eigenvalue weighted by Gasteiger charge is 2.37. The van der Waals surface area contributed by atoms with Crippen LogP contribution < -0.4 is 0 Å². The third-order valence-electron chi connectivity index (χ3n) is 1.50. The van der Waals surface area contributed by atoms with Gasteiger partial charge in [0.1, 0.15) is 12.2 Å². The van der Waals surface area contributed by atoms with Crippen molar-refractivity contribution in [3.63, 3.8) is 0 Å². The Labute approximate surface area is 53.9 Å². The lowest BCUT2D eigenvalue weighted by molar-refractivity contribution is 0.0405. The molecule has 2 aliphatic heterocycles. The van der Waals surface area contributed by atoms with Gasteiger partial charge in [-0.2, -0.15) is 0 Å². The molecule has 0 aromatic rings. The van der Waals surface area contributed by atoms with E-state index in [0.717, 1.165) is 6.61 Å². The molecule has 0 radical (unpaired) electrons. The van der Waals surface area contributed by atoms with Crippen molar-refractivity contribution in [2.75, 3.05) is 13.2 Å². The van der Waals surface area contributed by atoms with Crippen LogP contribution in [0.1, 0.15) is 6.92 Å². The van der Waals surface area contributed by atoms with Gasteiger partial charge in [-0.25, -0.2) is 0 Å². The second-order valence-electron chi connectivity index (χ2n) is 2.50. The van der Waals surface area contributed by atoms with E-state index in [1.807, 2.05) is 6.92 Å². The Hall–Kier alpha value is -0.120. The number of ether oxygens (including phenoxy) is 3. The molecule has 2 rings (SSSR count). The molecule has 0 bridgehead atoms. The van der Waals surface area contributed by atoms with Crippen LogP contribution in [0.25, 0.3) is 0 Å². The molecule has 2 aliphatic rings. The van der Waals surface area contributed by atoms with Gasteiger partial charge in [-0.05, 0) is 6.92 Å². The van der Waals surface area contributed by atoms with Gasteiger partial charge in [0.05, 0.1) is 13.2 Å². The van der Waals surface area contributed by atoms with Crippen LogP contribution in [0.4, 0.5) is 0 Å². The summed E-state index contributed by atoms with van der Waals surface area (Å²) in [5.41, 5.74) is 0. The summed E-state index contributed by atoms with van der Waals surface area (Å²) in [6.45, 7) is 3.56. The fraction of sp³-hybridized carbons (Fsp3) is 1.00. The lowest BCUT2D eigenvalue weighted by Gasteiger charge is -1.92. The maximum atomic E-state index is 5.24. The van der Waals surface area contributed by atoms with Gasteiger partial charge < -0.3 is 14.2 Å². The number of epoxide rings is 2. The van der Waals surface area contributed by atoms with Gasteiger partial charge in [0.25, 0.3) is 0 Å². The van der Waals surface area contributed by atoms with E-state index in [2.05, 4.69) is 0 Å². The summed E-state index contributed by atoms with van der Waals surface area (Å²) in [4.78, 5) is 0. The van der Waals surface area contributed by atoms with E-state index in [-0.39, 0.29) is 6.29 Å². The molecule has 52 valence electrons. The summed E-state index contributed by atoms with van der Waals surface area (Å²) in [7, 11) is 0. The standard InChI is InChI=1S/C6H10O3/c1-4-6(9-4)8-3-5-2-7-5/h4-6H,2-3H2,1H3. The maximum absolute atomic E-state index is 5.24. The molecule has 2 heterocycles. The van der Waals surface area contributed by atoms with Gasteiger partial charge in [0.15, 0.2) is 6.29 Å². The minimum atomic E-state index is 0.0641. The zero-order valence-electron chi connectivity index (χ0n) is 5.37. The fourth-order valence-electron chi connectivity index (χ4n) is 0.707. The first-order chi connectivity index (χ1) is 4.36. The molecule has 2 fully saturated rings. The predicted octanol–water partition coefficient (Wildman–Crippen LogP) is 0.147. The van der Waals surface area contributed by atoms with Crippen molar-refractivity contribution in [2.45, 2.75) is 25.4 Å². The summed E-state index contributed by atoms with van der Waals surface area (Å²) < 4.78 is 15.2. The predicted molar refractivity (Wildman–Crippen MR) is 30.0 cm³/mol. The SMILES string of the molecule is CC1OC1OCC1CO1. The minimum Gasteiger partial charge on any atom is -0.371 e. The van der Waals surface area contributed by atoms with Crippen molar-refractivity contribution in [3.8, 4) is 0 Å². The van der Waals surface area contributed by atoms with Crippen LogP contribution in [-0.4, -0.2) is 31.7 Å². The van der Waals surface area contributed by atoms with Gasteiger partial charge in [-0.15, -0.1) is 0 Å². The lowest BCUT2D eigenvalue weighted by Crippen LogP contribution is -2.04. The third-order valence-corrected chi connectivity index (χ3v) is 1.50. The van der Waals surface area contributed by atoms with Crippen molar-refractivity contribution in [2.24, 2.45) is 0 Å². The molecule has 0 aliphatic carbocycles. The first-order valence-corrected chi connectivity index (χ1v) is 3.25. The van der Waals surface area contributed by atoms with Crippen LogP contribution in [0.2, 0.25) is 0 Å². The second kappa shape index (κ2) is 1.94. The zero-order chi connectivity index (χ0) is 6.27. The molecule has 3 atom stereocenters. The van der Waals surface area contributed by atoms with Crippen LogP contribution in [0.3, 0.4) is 0 Å². The molecule has 3 unspecified atom stereocenters. The zero-order valence-corrected chi connectivity index (χ0v) is 5.37. The van der Waals surface area contributed by atoms with E-state index in [1.54, 1.807) is 0 Å². The summed E-state index contributed by atoms with van der Waals surface area (Å²) in [5, 5.41) is 0. The van der Waals surface area contributed by atoms with E-state index in [0.29, 0.717) is 18.8 Å². The Bertz CT molecular complexity index is 111. The summed E-state index contributed by atoms with van der Waals surface area (Å²) in [6.07, 6.45) is 0.736. The number of hydrogen-bond acceptors (Lipinski definition) is 3. The Balaban J connectivity index is 1.57. The molecule has 3 nitrogen and oxygen atoms in total. The lowest BCUT2D eigenvalue weighted by atomic mass is 10.5. The molecule has 0 aromatic heterocycles. The van der Waals surface area contributed by atoms with Crippen LogP contribution >= 0.6 is 0 Å². The van der Waals surface area contributed by atoms with Crippen LogP contribution in [0.15, 0.2) is 0 Å². The van der Waals surface area contributed by atoms with Gasteiger partial charge in [-0.1, -0.05) is 0 Å². The first-order valence-electron chi connectivity index (χ1n) is 3.25. The Morgan fingerprint density at radius 1 is 1.67 bits per heavy atom. The Morgan fingerprint density at radius 3 is 2.78 bits per heavy atom. The molecule has 0 saturated carbocycles. The average Bonchev–Trinajstić information content (AvgIpc) is 2.60. The molecule has 0 amide bonds. The van der Waals surface area contributed by atoms with Crippen molar-refractivity contribution >= 4 is 0 Å². The van der Waals surface area contributed by atoms with E-state index >= 15 is 0 Å². The van der Waals surface area contributed by atoms with Crippen molar-refractivity contribution in [1.29, 1.82) is 0 Å². The van der Waals surface area contributed by atoms with Gasteiger partial charge in [0, 0.05) is 0 Å². The summed E-state index contributed by atoms with van der Waals surface area (Å²) >= 11 is 0. The first kappa shape index (κ1) is 5.65. The summed E-state index contributed by atoms with van der Waals surface area (Å²) in [6, 6.07) is 0. The molecule has 0 spiro atoms. The summed E-state index contributed by atoms with van der Waals surface area (Å²) in [5.74, 6) is 0. The van der Waals surface area contributed by atoms with Crippen LogP contribution in [-0.2, 0) is 14.2 Å². The Morgan fingerprint density at radius 2 is 2.33 bits per heavy atom. The second-order valence-corrected chi connectivity index (χ2v) is 2.50. The molecular weight excluding hydrogens is 120 g/mol. The van der Waals surface area contributed by atoms with Gasteiger partial charge in [-0.3, -0.25) is 0 Å². The fourth-order valence-corrected chi connectivity index (χ4v) is 0.707. The maximum Gasteiger partial charge on any atom is 0.184 e. The van der Waals surface area contributed by atoms with E-state index in [4.69, 9.17) is 14.2 Å². The molecule has 3 heteroatoms. The smallest absolute Gasteiger partial charge is 0.184 e. The van der Waals surface area contributed by atoms with E-state index in [9.17, 15) is 0 Å². The van der Waals surface area contributed by atoms with Crippen LogP contribution in [0.5, 0.6) is 0 Å². The number of hydrogen-bond donors (Lipinski definition) is 0. The molecule has 0 aromatic carbocycles. The molecule has 0 N–H and O–H groups in total.